The Morgan fingerprint density at radius 2 is 2.00 bits per heavy atom. The minimum atomic E-state index is -0.591. The highest BCUT2D eigenvalue weighted by molar-refractivity contribution is 5.96. The van der Waals surface area contributed by atoms with Crippen molar-refractivity contribution < 1.29 is 9.59 Å². The van der Waals surface area contributed by atoms with Crippen LogP contribution >= 0.6 is 0 Å². The van der Waals surface area contributed by atoms with E-state index < -0.39 is 6.04 Å². The topological polar surface area (TPSA) is 75.4 Å². The van der Waals surface area contributed by atoms with Crippen molar-refractivity contribution in [2.75, 3.05) is 18.5 Å². The second-order valence-corrected chi connectivity index (χ2v) is 5.28. The van der Waals surface area contributed by atoms with Gasteiger partial charge in [-0.3, -0.25) is 9.59 Å². The highest BCUT2D eigenvalue weighted by Gasteiger charge is 2.19. The smallest absolute Gasteiger partial charge is 0.246 e. The predicted molar refractivity (Wildman–Crippen MR) is 80.4 cm³/mol. The van der Waals surface area contributed by atoms with Gasteiger partial charge in [0.1, 0.15) is 0 Å². The minimum Gasteiger partial charge on any atom is -0.346 e. The van der Waals surface area contributed by atoms with E-state index in [-0.39, 0.29) is 24.3 Å². The molecule has 0 aromatic heterocycles. The Bertz CT molecular complexity index is 486. The molecule has 1 aromatic carbocycles. The number of anilines is 1. The number of hydrogen-bond acceptors (Lipinski definition) is 3. The number of carbonyl (C=O) groups is 2. The van der Waals surface area contributed by atoms with Gasteiger partial charge < -0.3 is 16.0 Å². The van der Waals surface area contributed by atoms with Crippen molar-refractivity contribution in [3.05, 3.63) is 29.8 Å². The molecule has 3 N–H and O–H groups in total. The SMILES string of the molecule is Cc1cccc(N(C)C(=O)CNC(=O)[C@@H](N)C(C)C)c1. The Balaban J connectivity index is 2.57. The average Bonchev–Trinajstić information content (AvgIpc) is 2.42. The summed E-state index contributed by atoms with van der Waals surface area (Å²) in [6.07, 6.45) is 0. The van der Waals surface area contributed by atoms with Crippen molar-refractivity contribution in [1.29, 1.82) is 0 Å². The molecule has 0 heterocycles. The Morgan fingerprint density at radius 3 is 2.55 bits per heavy atom. The molecule has 0 saturated carbocycles. The summed E-state index contributed by atoms with van der Waals surface area (Å²) in [7, 11) is 1.69. The van der Waals surface area contributed by atoms with E-state index in [4.69, 9.17) is 5.73 Å². The molecule has 20 heavy (non-hydrogen) atoms. The molecule has 2 amide bonds. The highest BCUT2D eigenvalue weighted by Crippen LogP contribution is 2.14. The Hall–Kier alpha value is -1.88. The van der Waals surface area contributed by atoms with Crippen LogP contribution < -0.4 is 16.0 Å². The molecular weight excluding hydrogens is 254 g/mol. The fourth-order valence-corrected chi connectivity index (χ4v) is 1.68. The summed E-state index contributed by atoms with van der Waals surface area (Å²) in [4.78, 5) is 25.2. The van der Waals surface area contributed by atoms with Crippen molar-refractivity contribution in [3.63, 3.8) is 0 Å². The van der Waals surface area contributed by atoms with E-state index in [2.05, 4.69) is 5.32 Å². The van der Waals surface area contributed by atoms with Gasteiger partial charge in [0.15, 0.2) is 0 Å². The number of carbonyl (C=O) groups excluding carboxylic acids is 2. The lowest BCUT2D eigenvalue weighted by Gasteiger charge is -2.20. The molecule has 0 radical (unpaired) electrons. The lowest BCUT2D eigenvalue weighted by atomic mass is 10.1. The summed E-state index contributed by atoms with van der Waals surface area (Å²) in [5.41, 5.74) is 7.60. The van der Waals surface area contributed by atoms with E-state index in [0.29, 0.717) is 0 Å². The molecule has 110 valence electrons. The standard InChI is InChI=1S/C15H23N3O2/c1-10(2)14(16)15(20)17-9-13(19)18(4)12-7-5-6-11(3)8-12/h5-8,10,14H,9,16H2,1-4H3,(H,17,20)/t14-/m0/s1. The van der Waals surface area contributed by atoms with Crippen molar-refractivity contribution in [2.24, 2.45) is 11.7 Å². The van der Waals surface area contributed by atoms with Crippen LogP contribution in [0, 0.1) is 12.8 Å². The van der Waals surface area contributed by atoms with E-state index in [0.717, 1.165) is 11.3 Å². The first-order chi connectivity index (χ1) is 9.32. The second kappa shape index (κ2) is 7.05. The molecule has 1 atom stereocenters. The maximum atomic E-state index is 12.0. The van der Waals surface area contributed by atoms with Crippen molar-refractivity contribution >= 4 is 17.5 Å². The van der Waals surface area contributed by atoms with Crippen molar-refractivity contribution in [3.8, 4) is 0 Å². The molecule has 0 aliphatic rings. The first-order valence-corrected chi connectivity index (χ1v) is 6.69. The molecule has 0 unspecified atom stereocenters. The van der Waals surface area contributed by atoms with Crippen LogP contribution in [0.1, 0.15) is 19.4 Å². The Kier molecular flexibility index (Phi) is 5.70. The van der Waals surface area contributed by atoms with Gasteiger partial charge in [-0.05, 0) is 30.5 Å². The maximum Gasteiger partial charge on any atom is 0.246 e. The molecule has 5 heteroatoms. The first kappa shape index (κ1) is 16.2. The van der Waals surface area contributed by atoms with Gasteiger partial charge in [-0.1, -0.05) is 26.0 Å². The first-order valence-electron chi connectivity index (χ1n) is 6.69. The van der Waals surface area contributed by atoms with Crippen LogP contribution in [0.15, 0.2) is 24.3 Å². The van der Waals surface area contributed by atoms with Crippen LogP contribution in [-0.2, 0) is 9.59 Å². The van der Waals surface area contributed by atoms with Gasteiger partial charge in [-0.2, -0.15) is 0 Å². The van der Waals surface area contributed by atoms with E-state index in [9.17, 15) is 9.59 Å². The number of benzene rings is 1. The van der Waals surface area contributed by atoms with Gasteiger partial charge in [0.2, 0.25) is 11.8 Å². The third kappa shape index (κ3) is 4.35. The number of aryl methyl sites for hydroxylation is 1. The van der Waals surface area contributed by atoms with Crippen molar-refractivity contribution in [1.82, 2.24) is 5.32 Å². The number of hydrogen-bond donors (Lipinski definition) is 2. The van der Waals surface area contributed by atoms with Crippen LogP contribution in [0.25, 0.3) is 0 Å². The fourth-order valence-electron chi connectivity index (χ4n) is 1.68. The third-order valence-electron chi connectivity index (χ3n) is 3.20. The summed E-state index contributed by atoms with van der Waals surface area (Å²) in [6, 6.07) is 7.03. The Labute approximate surface area is 120 Å². The van der Waals surface area contributed by atoms with Crippen LogP contribution in [0.2, 0.25) is 0 Å². The molecule has 0 spiro atoms. The lowest BCUT2D eigenvalue weighted by Crippen LogP contribution is -2.47. The molecule has 0 aliphatic heterocycles. The largest absolute Gasteiger partial charge is 0.346 e. The highest BCUT2D eigenvalue weighted by atomic mass is 16.2. The van der Waals surface area contributed by atoms with Gasteiger partial charge in [0.25, 0.3) is 0 Å². The van der Waals surface area contributed by atoms with Gasteiger partial charge in [-0.15, -0.1) is 0 Å². The minimum absolute atomic E-state index is 0.0413. The van der Waals surface area contributed by atoms with Crippen LogP contribution in [0.3, 0.4) is 0 Å². The molecule has 0 saturated heterocycles. The number of amides is 2. The number of rotatable bonds is 5. The average molecular weight is 277 g/mol. The molecule has 0 bridgehead atoms. The predicted octanol–water partition coefficient (Wildman–Crippen LogP) is 1.06. The lowest BCUT2D eigenvalue weighted by molar-refractivity contribution is -0.126. The van der Waals surface area contributed by atoms with Gasteiger partial charge in [0.05, 0.1) is 12.6 Å². The molecular formula is C15H23N3O2. The number of nitrogens with two attached hydrogens (primary N) is 1. The molecule has 1 rings (SSSR count). The number of nitrogens with one attached hydrogen (secondary N) is 1. The van der Waals surface area contributed by atoms with E-state index in [1.165, 1.54) is 4.90 Å². The maximum absolute atomic E-state index is 12.0. The summed E-state index contributed by atoms with van der Waals surface area (Å²) in [5.74, 6) is -0.439. The molecule has 0 aliphatic carbocycles. The third-order valence-corrected chi connectivity index (χ3v) is 3.20. The van der Waals surface area contributed by atoms with Crippen LogP contribution in [0.4, 0.5) is 5.69 Å². The summed E-state index contributed by atoms with van der Waals surface area (Å²) in [5, 5.41) is 2.57. The van der Waals surface area contributed by atoms with E-state index in [1.807, 2.05) is 45.0 Å². The Morgan fingerprint density at radius 1 is 1.35 bits per heavy atom. The molecule has 0 fully saturated rings. The van der Waals surface area contributed by atoms with Gasteiger partial charge in [0, 0.05) is 12.7 Å². The van der Waals surface area contributed by atoms with Gasteiger partial charge in [-0.25, -0.2) is 0 Å². The van der Waals surface area contributed by atoms with E-state index in [1.54, 1.807) is 7.05 Å². The van der Waals surface area contributed by atoms with E-state index >= 15 is 0 Å². The zero-order chi connectivity index (χ0) is 15.3. The summed E-state index contributed by atoms with van der Waals surface area (Å²) in [6.45, 7) is 5.64. The van der Waals surface area contributed by atoms with Gasteiger partial charge >= 0.3 is 0 Å². The molecule has 1 aromatic rings. The monoisotopic (exact) mass is 277 g/mol. The normalized spacial score (nSPS) is 12.1. The zero-order valence-corrected chi connectivity index (χ0v) is 12.5. The summed E-state index contributed by atoms with van der Waals surface area (Å²) >= 11 is 0. The number of nitrogens with zero attached hydrogens (tertiary/aromatic N) is 1. The molecule has 5 nitrogen and oxygen atoms in total. The van der Waals surface area contributed by atoms with Crippen LogP contribution in [0.5, 0.6) is 0 Å². The number of likely N-dealkylation sites (N-methyl/N-ethyl adjacent to an activating group) is 1. The second-order valence-electron chi connectivity index (χ2n) is 5.28. The van der Waals surface area contributed by atoms with Crippen molar-refractivity contribution in [2.45, 2.75) is 26.8 Å². The summed E-state index contributed by atoms with van der Waals surface area (Å²) < 4.78 is 0. The van der Waals surface area contributed by atoms with Crippen LogP contribution in [-0.4, -0.2) is 31.4 Å². The quantitative estimate of drug-likeness (QED) is 0.845. The zero-order valence-electron chi connectivity index (χ0n) is 12.5. The fraction of sp³-hybridized carbons (Fsp3) is 0.467.